The lowest BCUT2D eigenvalue weighted by atomic mass is 10.1. The van der Waals surface area contributed by atoms with Crippen molar-refractivity contribution in [3.05, 3.63) is 29.1 Å². The van der Waals surface area contributed by atoms with Crippen molar-refractivity contribution in [2.75, 3.05) is 14.2 Å². The molecule has 0 bridgehead atoms. The summed E-state index contributed by atoms with van der Waals surface area (Å²) in [5, 5.41) is 0. The SMILES string of the molecule is COc1cc(-c2cnc[nH]2)cc(Br)c1OC. The molecule has 1 aromatic heterocycles. The molecule has 1 aromatic carbocycles. The number of hydrogen-bond acceptors (Lipinski definition) is 3. The lowest BCUT2D eigenvalue weighted by molar-refractivity contribution is 0.353. The number of nitrogens with one attached hydrogen (secondary N) is 1. The van der Waals surface area contributed by atoms with E-state index in [1.54, 1.807) is 26.7 Å². The van der Waals surface area contributed by atoms with Gasteiger partial charge >= 0.3 is 0 Å². The van der Waals surface area contributed by atoms with Crippen LogP contribution in [0, 0.1) is 0 Å². The molecule has 0 saturated heterocycles. The maximum Gasteiger partial charge on any atom is 0.174 e. The van der Waals surface area contributed by atoms with Crippen molar-refractivity contribution in [2.24, 2.45) is 0 Å². The maximum absolute atomic E-state index is 5.27. The Morgan fingerprint density at radius 3 is 2.62 bits per heavy atom. The van der Waals surface area contributed by atoms with Gasteiger partial charge in [-0.2, -0.15) is 0 Å². The number of imidazole rings is 1. The number of halogens is 1. The summed E-state index contributed by atoms with van der Waals surface area (Å²) >= 11 is 3.45. The second kappa shape index (κ2) is 4.57. The maximum atomic E-state index is 5.27. The monoisotopic (exact) mass is 282 g/mol. The standard InChI is InChI=1S/C11H11BrN2O2/c1-15-10-4-7(9-5-13-6-14-9)3-8(12)11(10)16-2/h3-6H,1-2H3,(H,13,14). The molecule has 0 aliphatic rings. The first-order valence-electron chi connectivity index (χ1n) is 4.66. The average Bonchev–Trinajstić information content (AvgIpc) is 2.81. The molecule has 4 nitrogen and oxygen atoms in total. The molecule has 1 heterocycles. The minimum atomic E-state index is 0.682. The zero-order chi connectivity index (χ0) is 11.5. The zero-order valence-electron chi connectivity index (χ0n) is 8.95. The number of ether oxygens (including phenoxy) is 2. The van der Waals surface area contributed by atoms with Gasteiger partial charge < -0.3 is 14.5 Å². The van der Waals surface area contributed by atoms with Crippen LogP contribution in [0.3, 0.4) is 0 Å². The van der Waals surface area contributed by atoms with Crippen LogP contribution in [0.2, 0.25) is 0 Å². The van der Waals surface area contributed by atoms with Gasteiger partial charge in [0.25, 0.3) is 0 Å². The highest BCUT2D eigenvalue weighted by Gasteiger charge is 2.11. The molecule has 0 saturated carbocycles. The number of methoxy groups -OCH3 is 2. The first kappa shape index (κ1) is 11.0. The van der Waals surface area contributed by atoms with Crippen LogP contribution in [0.15, 0.2) is 29.1 Å². The number of aromatic amines is 1. The van der Waals surface area contributed by atoms with Crippen LogP contribution in [-0.4, -0.2) is 24.2 Å². The molecule has 84 valence electrons. The molecule has 1 N–H and O–H groups in total. The Labute approximate surface area is 102 Å². The second-order valence-electron chi connectivity index (χ2n) is 3.16. The minimum Gasteiger partial charge on any atom is -0.493 e. The molecule has 0 unspecified atom stereocenters. The van der Waals surface area contributed by atoms with Gasteiger partial charge in [-0.3, -0.25) is 0 Å². The molecule has 0 amide bonds. The number of nitrogens with zero attached hydrogens (tertiary/aromatic N) is 1. The Morgan fingerprint density at radius 1 is 1.25 bits per heavy atom. The van der Waals surface area contributed by atoms with Crippen molar-refractivity contribution in [1.29, 1.82) is 0 Å². The molecular formula is C11H11BrN2O2. The van der Waals surface area contributed by atoms with E-state index in [1.807, 2.05) is 12.1 Å². The lowest BCUT2D eigenvalue weighted by Gasteiger charge is -2.11. The van der Waals surface area contributed by atoms with Crippen molar-refractivity contribution in [3.8, 4) is 22.8 Å². The van der Waals surface area contributed by atoms with Gasteiger partial charge in [0.2, 0.25) is 0 Å². The highest BCUT2D eigenvalue weighted by Crippen LogP contribution is 2.38. The van der Waals surface area contributed by atoms with E-state index < -0.39 is 0 Å². The highest BCUT2D eigenvalue weighted by atomic mass is 79.9. The minimum absolute atomic E-state index is 0.682. The Balaban J connectivity index is 2.54. The van der Waals surface area contributed by atoms with Crippen LogP contribution in [-0.2, 0) is 0 Å². The van der Waals surface area contributed by atoms with Gasteiger partial charge in [-0.25, -0.2) is 4.98 Å². The summed E-state index contributed by atoms with van der Waals surface area (Å²) in [5.74, 6) is 1.37. The summed E-state index contributed by atoms with van der Waals surface area (Å²) in [7, 11) is 3.22. The molecule has 5 heteroatoms. The molecule has 0 spiro atoms. The largest absolute Gasteiger partial charge is 0.493 e. The van der Waals surface area contributed by atoms with Crippen LogP contribution in [0.5, 0.6) is 11.5 Å². The van der Waals surface area contributed by atoms with Crippen LogP contribution in [0.25, 0.3) is 11.3 Å². The van der Waals surface area contributed by atoms with Gasteiger partial charge in [-0.15, -0.1) is 0 Å². The third-order valence-corrected chi connectivity index (χ3v) is 2.83. The first-order chi connectivity index (χ1) is 7.76. The number of benzene rings is 1. The average molecular weight is 283 g/mol. The van der Waals surface area contributed by atoms with E-state index in [-0.39, 0.29) is 0 Å². The van der Waals surface area contributed by atoms with Gasteiger partial charge in [0.05, 0.1) is 36.9 Å². The smallest absolute Gasteiger partial charge is 0.174 e. The van der Waals surface area contributed by atoms with Gasteiger partial charge in [-0.05, 0) is 28.1 Å². The Hall–Kier alpha value is -1.49. The summed E-state index contributed by atoms with van der Waals surface area (Å²) in [6, 6.07) is 3.85. The number of H-pyrrole nitrogens is 1. The van der Waals surface area contributed by atoms with Crippen molar-refractivity contribution < 1.29 is 9.47 Å². The normalized spacial score (nSPS) is 10.2. The lowest BCUT2D eigenvalue weighted by Crippen LogP contribution is -1.92. The predicted molar refractivity (Wildman–Crippen MR) is 64.8 cm³/mol. The van der Waals surface area contributed by atoms with E-state index in [2.05, 4.69) is 25.9 Å². The molecule has 0 atom stereocenters. The van der Waals surface area contributed by atoms with Crippen LogP contribution in [0.1, 0.15) is 0 Å². The van der Waals surface area contributed by atoms with E-state index >= 15 is 0 Å². The van der Waals surface area contributed by atoms with E-state index in [0.717, 1.165) is 15.7 Å². The van der Waals surface area contributed by atoms with Crippen molar-refractivity contribution in [2.45, 2.75) is 0 Å². The summed E-state index contributed by atoms with van der Waals surface area (Å²) in [6.07, 6.45) is 3.40. The topological polar surface area (TPSA) is 47.1 Å². The Kier molecular flexibility index (Phi) is 3.14. The quantitative estimate of drug-likeness (QED) is 0.942. The van der Waals surface area contributed by atoms with Gasteiger partial charge in [0.1, 0.15) is 0 Å². The third-order valence-electron chi connectivity index (χ3n) is 2.24. The fourth-order valence-electron chi connectivity index (χ4n) is 1.49. The summed E-state index contributed by atoms with van der Waals surface area (Å²) in [4.78, 5) is 7.02. The van der Waals surface area contributed by atoms with E-state index in [1.165, 1.54) is 0 Å². The fraction of sp³-hybridized carbons (Fsp3) is 0.182. The molecule has 16 heavy (non-hydrogen) atoms. The van der Waals surface area contributed by atoms with Crippen LogP contribution < -0.4 is 9.47 Å². The second-order valence-corrected chi connectivity index (χ2v) is 4.01. The molecule has 0 aliphatic carbocycles. The van der Waals surface area contributed by atoms with Gasteiger partial charge in [0, 0.05) is 5.56 Å². The molecule has 0 aliphatic heterocycles. The van der Waals surface area contributed by atoms with Crippen LogP contribution in [0.4, 0.5) is 0 Å². The molecule has 2 rings (SSSR count). The summed E-state index contributed by atoms with van der Waals surface area (Å²) < 4.78 is 11.4. The van der Waals surface area contributed by atoms with E-state index in [4.69, 9.17) is 9.47 Å². The predicted octanol–water partition coefficient (Wildman–Crippen LogP) is 2.86. The number of hydrogen-bond donors (Lipinski definition) is 1. The van der Waals surface area contributed by atoms with Crippen molar-refractivity contribution in [1.82, 2.24) is 9.97 Å². The van der Waals surface area contributed by atoms with E-state index in [0.29, 0.717) is 11.5 Å². The molecule has 2 aromatic rings. The van der Waals surface area contributed by atoms with Crippen molar-refractivity contribution in [3.63, 3.8) is 0 Å². The Bertz CT molecular complexity index is 483. The highest BCUT2D eigenvalue weighted by molar-refractivity contribution is 9.10. The van der Waals surface area contributed by atoms with Crippen LogP contribution >= 0.6 is 15.9 Å². The molecule has 0 radical (unpaired) electrons. The number of aromatic nitrogens is 2. The number of rotatable bonds is 3. The fourth-order valence-corrected chi connectivity index (χ4v) is 2.09. The van der Waals surface area contributed by atoms with Crippen molar-refractivity contribution >= 4 is 15.9 Å². The van der Waals surface area contributed by atoms with Gasteiger partial charge in [-0.1, -0.05) is 0 Å². The summed E-state index contributed by atoms with van der Waals surface area (Å²) in [5.41, 5.74) is 1.92. The first-order valence-corrected chi connectivity index (χ1v) is 5.46. The molecule has 0 fully saturated rings. The molecular weight excluding hydrogens is 272 g/mol. The van der Waals surface area contributed by atoms with Gasteiger partial charge in [0.15, 0.2) is 11.5 Å². The zero-order valence-corrected chi connectivity index (χ0v) is 10.5. The summed E-state index contributed by atoms with van der Waals surface area (Å²) in [6.45, 7) is 0. The van der Waals surface area contributed by atoms with E-state index in [9.17, 15) is 0 Å². The third kappa shape index (κ3) is 1.90. The Morgan fingerprint density at radius 2 is 2.06 bits per heavy atom.